The lowest BCUT2D eigenvalue weighted by Gasteiger charge is -2.38. The summed E-state index contributed by atoms with van der Waals surface area (Å²) in [6.45, 7) is 6.34. The van der Waals surface area contributed by atoms with Gasteiger partial charge in [0.2, 0.25) is 5.91 Å². The minimum Gasteiger partial charge on any atom is -0.368 e. The molecule has 1 aliphatic carbocycles. The highest BCUT2D eigenvalue weighted by molar-refractivity contribution is 5.84. The quantitative estimate of drug-likeness (QED) is 0.879. The van der Waals surface area contributed by atoms with E-state index in [-0.39, 0.29) is 11.9 Å². The minimum absolute atomic E-state index is 0.248. The van der Waals surface area contributed by atoms with E-state index >= 15 is 0 Å². The van der Waals surface area contributed by atoms with Gasteiger partial charge in [-0.05, 0) is 58.6 Å². The van der Waals surface area contributed by atoms with Crippen molar-refractivity contribution in [3.63, 3.8) is 0 Å². The van der Waals surface area contributed by atoms with E-state index in [0.29, 0.717) is 0 Å². The number of aromatic nitrogens is 2. The molecule has 0 aliphatic heterocycles. The van der Waals surface area contributed by atoms with Gasteiger partial charge in [0.1, 0.15) is 0 Å². The van der Waals surface area contributed by atoms with E-state index in [1.54, 1.807) is 0 Å². The third-order valence-electron chi connectivity index (χ3n) is 4.85. The number of carbonyl (C=O) groups excluding carboxylic acids is 1. The highest BCUT2D eigenvalue weighted by Gasteiger charge is 2.41. The molecule has 1 heterocycles. The van der Waals surface area contributed by atoms with Crippen molar-refractivity contribution in [2.24, 2.45) is 5.73 Å². The molecule has 0 bridgehead atoms. The zero-order valence-corrected chi connectivity index (χ0v) is 13.0. The van der Waals surface area contributed by atoms with Crippen molar-refractivity contribution in [3.8, 4) is 0 Å². The second-order valence-corrected chi connectivity index (χ2v) is 5.89. The second kappa shape index (κ2) is 5.56. The number of hydrogen-bond donors (Lipinski definition) is 2. The second-order valence-electron chi connectivity index (χ2n) is 5.89. The molecular weight excluding hydrogens is 252 g/mol. The van der Waals surface area contributed by atoms with Crippen LogP contribution in [0, 0.1) is 13.8 Å². The summed E-state index contributed by atoms with van der Waals surface area (Å²) in [5, 5.41) is 7.86. The molecule has 1 aliphatic rings. The van der Waals surface area contributed by atoms with Crippen molar-refractivity contribution in [2.45, 2.75) is 64.5 Å². The monoisotopic (exact) mass is 278 g/mol. The fourth-order valence-corrected chi connectivity index (χ4v) is 3.59. The van der Waals surface area contributed by atoms with Crippen LogP contribution in [0.5, 0.6) is 0 Å². The average Bonchev–Trinajstić information content (AvgIpc) is 2.73. The first-order valence-corrected chi connectivity index (χ1v) is 7.48. The Kier molecular flexibility index (Phi) is 4.18. The van der Waals surface area contributed by atoms with Crippen molar-refractivity contribution in [3.05, 3.63) is 17.0 Å². The standard InChI is InChI=1S/C15H26N4O/c1-5-13-10(2)18-19(11(13)3)12-7-6-8-15(9-12,17-4)14(16)20/h12,17H,5-9H2,1-4H3,(H2,16,20). The predicted molar refractivity (Wildman–Crippen MR) is 79.6 cm³/mol. The maximum absolute atomic E-state index is 11.8. The molecule has 0 radical (unpaired) electrons. The summed E-state index contributed by atoms with van der Waals surface area (Å²) in [7, 11) is 1.83. The summed E-state index contributed by atoms with van der Waals surface area (Å²) in [6, 6.07) is 0.252. The van der Waals surface area contributed by atoms with Crippen LogP contribution in [0.3, 0.4) is 0 Å². The molecule has 1 amide bonds. The Morgan fingerprint density at radius 3 is 2.75 bits per heavy atom. The molecule has 1 fully saturated rings. The molecule has 5 nitrogen and oxygen atoms in total. The topological polar surface area (TPSA) is 72.9 Å². The van der Waals surface area contributed by atoms with Gasteiger partial charge in [0.15, 0.2) is 0 Å². The van der Waals surface area contributed by atoms with Gasteiger partial charge >= 0.3 is 0 Å². The summed E-state index contributed by atoms with van der Waals surface area (Å²) in [4.78, 5) is 11.8. The van der Waals surface area contributed by atoms with Crippen LogP contribution in [0.25, 0.3) is 0 Å². The molecule has 1 aromatic rings. The van der Waals surface area contributed by atoms with Crippen molar-refractivity contribution >= 4 is 5.91 Å². The predicted octanol–water partition coefficient (Wildman–Crippen LogP) is 1.62. The van der Waals surface area contributed by atoms with Crippen LogP contribution in [0.15, 0.2) is 0 Å². The van der Waals surface area contributed by atoms with E-state index in [1.807, 2.05) is 7.05 Å². The van der Waals surface area contributed by atoms with Gasteiger partial charge < -0.3 is 11.1 Å². The molecule has 112 valence electrons. The number of amides is 1. The van der Waals surface area contributed by atoms with Gasteiger partial charge in [-0.3, -0.25) is 9.48 Å². The molecule has 0 spiro atoms. The summed E-state index contributed by atoms with van der Waals surface area (Å²) in [5.41, 5.74) is 8.69. The highest BCUT2D eigenvalue weighted by atomic mass is 16.1. The number of nitrogens with two attached hydrogens (primary N) is 1. The highest BCUT2D eigenvalue weighted by Crippen LogP contribution is 2.36. The van der Waals surface area contributed by atoms with Gasteiger partial charge in [-0.25, -0.2) is 0 Å². The largest absolute Gasteiger partial charge is 0.368 e. The van der Waals surface area contributed by atoms with Crippen LogP contribution in [0.1, 0.15) is 55.6 Å². The van der Waals surface area contributed by atoms with Crippen LogP contribution in [0.2, 0.25) is 0 Å². The number of rotatable bonds is 4. The summed E-state index contributed by atoms with van der Waals surface area (Å²) >= 11 is 0. The van der Waals surface area contributed by atoms with Gasteiger partial charge in [-0.15, -0.1) is 0 Å². The number of carbonyl (C=O) groups is 1. The molecule has 2 atom stereocenters. The molecule has 0 aromatic carbocycles. The Hall–Kier alpha value is -1.36. The minimum atomic E-state index is -0.582. The average molecular weight is 278 g/mol. The molecule has 2 unspecified atom stereocenters. The normalized spacial score (nSPS) is 26.7. The first kappa shape index (κ1) is 15.0. The van der Waals surface area contributed by atoms with Gasteiger partial charge in [0.25, 0.3) is 0 Å². The van der Waals surface area contributed by atoms with E-state index in [9.17, 15) is 4.79 Å². The number of primary amides is 1. The Bertz CT molecular complexity index is 508. The molecule has 3 N–H and O–H groups in total. The Balaban J connectivity index is 2.32. The Morgan fingerprint density at radius 1 is 1.55 bits per heavy atom. The Labute approximate surface area is 120 Å². The van der Waals surface area contributed by atoms with Gasteiger partial charge in [-0.1, -0.05) is 6.92 Å². The van der Waals surface area contributed by atoms with E-state index in [1.165, 1.54) is 11.3 Å². The van der Waals surface area contributed by atoms with Crippen molar-refractivity contribution in [2.75, 3.05) is 7.05 Å². The third kappa shape index (κ3) is 2.35. The number of likely N-dealkylation sites (N-methyl/N-ethyl adjacent to an activating group) is 1. The lowest BCUT2D eigenvalue weighted by molar-refractivity contribution is -0.126. The van der Waals surface area contributed by atoms with Gasteiger partial charge in [0, 0.05) is 5.69 Å². The summed E-state index contributed by atoms with van der Waals surface area (Å²) in [5.74, 6) is -0.248. The van der Waals surface area contributed by atoms with Crippen LogP contribution >= 0.6 is 0 Å². The van der Waals surface area contributed by atoms with Crippen molar-refractivity contribution < 1.29 is 4.79 Å². The fourth-order valence-electron chi connectivity index (χ4n) is 3.59. The van der Waals surface area contributed by atoms with E-state index in [4.69, 9.17) is 10.8 Å². The van der Waals surface area contributed by atoms with E-state index in [2.05, 4.69) is 30.8 Å². The molecule has 2 rings (SSSR count). The maximum Gasteiger partial charge on any atom is 0.237 e. The maximum atomic E-state index is 11.8. The summed E-state index contributed by atoms with van der Waals surface area (Å²) in [6.07, 6.45) is 4.59. The molecule has 1 aromatic heterocycles. The lowest BCUT2D eigenvalue weighted by Crippen LogP contribution is -2.56. The van der Waals surface area contributed by atoms with Crippen LogP contribution in [0.4, 0.5) is 0 Å². The van der Waals surface area contributed by atoms with E-state index < -0.39 is 5.54 Å². The number of hydrogen-bond acceptors (Lipinski definition) is 3. The molecule has 0 saturated heterocycles. The number of aryl methyl sites for hydroxylation is 1. The van der Waals surface area contributed by atoms with Gasteiger partial charge in [-0.2, -0.15) is 5.10 Å². The SMILES string of the molecule is CCc1c(C)nn(C2CCCC(NC)(C(N)=O)C2)c1C. The molecule has 1 saturated carbocycles. The zero-order valence-electron chi connectivity index (χ0n) is 13.0. The summed E-state index contributed by atoms with van der Waals surface area (Å²) < 4.78 is 2.11. The first-order valence-electron chi connectivity index (χ1n) is 7.48. The molecule has 20 heavy (non-hydrogen) atoms. The molecular formula is C15H26N4O. The fraction of sp³-hybridized carbons (Fsp3) is 0.733. The van der Waals surface area contributed by atoms with Crippen LogP contribution in [-0.4, -0.2) is 28.3 Å². The van der Waals surface area contributed by atoms with Crippen molar-refractivity contribution in [1.29, 1.82) is 0 Å². The van der Waals surface area contributed by atoms with E-state index in [0.717, 1.165) is 37.8 Å². The number of nitrogens with one attached hydrogen (secondary N) is 1. The van der Waals surface area contributed by atoms with Crippen LogP contribution < -0.4 is 11.1 Å². The first-order chi connectivity index (χ1) is 9.45. The van der Waals surface area contributed by atoms with Gasteiger partial charge in [0.05, 0.1) is 17.3 Å². The lowest BCUT2D eigenvalue weighted by atomic mass is 9.78. The smallest absolute Gasteiger partial charge is 0.237 e. The number of nitrogens with zero attached hydrogens (tertiary/aromatic N) is 2. The third-order valence-corrected chi connectivity index (χ3v) is 4.85. The zero-order chi connectivity index (χ0) is 14.9. The molecule has 5 heteroatoms. The Morgan fingerprint density at radius 2 is 2.25 bits per heavy atom. The van der Waals surface area contributed by atoms with Crippen LogP contribution in [-0.2, 0) is 11.2 Å². The van der Waals surface area contributed by atoms with Crippen molar-refractivity contribution in [1.82, 2.24) is 15.1 Å².